The molecule has 0 amide bonds. The highest BCUT2D eigenvalue weighted by Crippen LogP contribution is 2.40. The summed E-state index contributed by atoms with van der Waals surface area (Å²) in [7, 11) is -4.31. The standard InChI is InChI=1S/C20H34O6S/c1-9-23-20(8,24-10-2)27(21,22)26-25-17-14-12-11-13-16(17)19(6,7)15-18(3,4)5/h11-14H,9-10,15H2,1-8H3. The van der Waals surface area contributed by atoms with Crippen molar-refractivity contribution >= 4 is 10.1 Å². The van der Waals surface area contributed by atoms with Crippen molar-refractivity contribution < 1.29 is 27.1 Å². The van der Waals surface area contributed by atoms with Gasteiger partial charge in [-0.05, 0) is 37.2 Å². The molecule has 0 N–H and O–H groups in total. The van der Waals surface area contributed by atoms with Crippen molar-refractivity contribution in [3.63, 3.8) is 0 Å². The fraction of sp³-hybridized carbons (Fsp3) is 0.700. The van der Waals surface area contributed by atoms with E-state index < -0.39 is 15.2 Å². The molecule has 0 heterocycles. The molecule has 0 fully saturated rings. The van der Waals surface area contributed by atoms with E-state index in [2.05, 4.69) is 34.6 Å². The molecule has 6 nitrogen and oxygen atoms in total. The molecule has 7 heteroatoms. The lowest BCUT2D eigenvalue weighted by molar-refractivity contribution is -0.184. The van der Waals surface area contributed by atoms with E-state index in [0.29, 0.717) is 5.75 Å². The van der Waals surface area contributed by atoms with Crippen LogP contribution in [0.1, 0.15) is 67.4 Å². The summed E-state index contributed by atoms with van der Waals surface area (Å²) in [6, 6.07) is 7.27. The van der Waals surface area contributed by atoms with Crippen LogP contribution in [-0.4, -0.2) is 26.8 Å². The number of hydrogen-bond acceptors (Lipinski definition) is 6. The van der Waals surface area contributed by atoms with Crippen molar-refractivity contribution in [1.82, 2.24) is 0 Å². The summed E-state index contributed by atoms with van der Waals surface area (Å²) in [4.78, 5) is 5.29. The van der Waals surface area contributed by atoms with E-state index in [-0.39, 0.29) is 24.0 Å². The van der Waals surface area contributed by atoms with Gasteiger partial charge in [-0.1, -0.05) is 57.2 Å². The highest BCUT2D eigenvalue weighted by atomic mass is 32.2. The second-order valence-corrected chi connectivity index (χ2v) is 10.2. The van der Waals surface area contributed by atoms with E-state index >= 15 is 0 Å². The molecule has 0 aliphatic carbocycles. The van der Waals surface area contributed by atoms with Crippen LogP contribution in [0.4, 0.5) is 0 Å². The Morgan fingerprint density at radius 2 is 1.41 bits per heavy atom. The molecule has 0 saturated carbocycles. The third kappa shape index (κ3) is 6.45. The molecule has 0 aliphatic heterocycles. The number of ether oxygens (including phenoxy) is 2. The van der Waals surface area contributed by atoms with Gasteiger partial charge in [-0.15, -0.1) is 0 Å². The molecule has 0 unspecified atom stereocenters. The molecular weight excluding hydrogens is 368 g/mol. The zero-order valence-corrected chi connectivity index (χ0v) is 18.6. The lowest BCUT2D eigenvalue weighted by atomic mass is 9.72. The van der Waals surface area contributed by atoms with Crippen LogP contribution in [-0.2, 0) is 29.3 Å². The molecule has 0 saturated heterocycles. The van der Waals surface area contributed by atoms with Crippen molar-refractivity contribution in [3.05, 3.63) is 29.8 Å². The van der Waals surface area contributed by atoms with Gasteiger partial charge >= 0.3 is 10.1 Å². The summed E-state index contributed by atoms with van der Waals surface area (Å²) in [5.41, 5.74) is 0.710. The summed E-state index contributed by atoms with van der Waals surface area (Å²) >= 11 is 0. The predicted octanol–water partition coefficient (Wildman–Crippen LogP) is 4.79. The molecule has 0 aromatic heterocycles. The van der Waals surface area contributed by atoms with Crippen molar-refractivity contribution in [2.45, 2.75) is 72.3 Å². The summed E-state index contributed by atoms with van der Waals surface area (Å²) in [5, 5.41) is -1.94. The fourth-order valence-corrected chi connectivity index (χ4v) is 4.18. The quantitative estimate of drug-likeness (QED) is 0.318. The highest BCUT2D eigenvalue weighted by molar-refractivity contribution is 7.87. The zero-order chi connectivity index (χ0) is 20.9. The van der Waals surface area contributed by atoms with Crippen LogP contribution in [0.3, 0.4) is 0 Å². The Labute approximate surface area is 164 Å². The average Bonchev–Trinajstić information content (AvgIpc) is 2.51. The Hall–Kier alpha value is -1.15. The van der Waals surface area contributed by atoms with Gasteiger partial charge in [0.1, 0.15) is 0 Å². The molecule has 0 spiro atoms. The Morgan fingerprint density at radius 3 is 1.89 bits per heavy atom. The zero-order valence-electron chi connectivity index (χ0n) is 17.8. The van der Waals surface area contributed by atoms with E-state index in [1.54, 1.807) is 26.0 Å². The maximum absolute atomic E-state index is 12.6. The number of rotatable bonds is 10. The number of para-hydroxylation sites is 1. The monoisotopic (exact) mass is 402 g/mol. The van der Waals surface area contributed by atoms with Crippen LogP contribution < -0.4 is 4.89 Å². The third-order valence-electron chi connectivity index (χ3n) is 4.07. The minimum atomic E-state index is -4.31. The molecule has 27 heavy (non-hydrogen) atoms. The minimum Gasteiger partial charge on any atom is -0.336 e. The molecule has 156 valence electrons. The van der Waals surface area contributed by atoms with Crippen LogP contribution >= 0.6 is 0 Å². The maximum atomic E-state index is 12.6. The fourth-order valence-electron chi connectivity index (χ4n) is 3.37. The van der Waals surface area contributed by atoms with Crippen LogP contribution in [0.2, 0.25) is 0 Å². The topological polar surface area (TPSA) is 71.1 Å². The SMILES string of the molecule is CCOC(C)(OCC)S(=O)(=O)OOc1ccccc1C(C)(C)CC(C)(C)C. The normalized spacial score (nSPS) is 13.6. The number of hydrogen-bond donors (Lipinski definition) is 0. The molecular formula is C20H34O6S. The van der Waals surface area contributed by atoms with Crippen molar-refractivity contribution in [3.8, 4) is 5.75 Å². The van der Waals surface area contributed by atoms with Crippen molar-refractivity contribution in [1.29, 1.82) is 0 Å². The predicted molar refractivity (Wildman–Crippen MR) is 106 cm³/mol. The molecule has 0 bridgehead atoms. The van der Waals surface area contributed by atoms with Gasteiger partial charge in [-0.2, -0.15) is 8.42 Å². The van der Waals surface area contributed by atoms with E-state index in [1.807, 2.05) is 12.1 Å². The van der Waals surface area contributed by atoms with Gasteiger partial charge in [0.2, 0.25) is 0 Å². The van der Waals surface area contributed by atoms with Crippen molar-refractivity contribution in [2.24, 2.45) is 5.41 Å². The molecule has 1 aromatic carbocycles. The first-order valence-corrected chi connectivity index (χ1v) is 10.7. The second kappa shape index (κ2) is 8.90. The summed E-state index contributed by atoms with van der Waals surface area (Å²) in [5.74, 6) is 0.352. The Balaban J connectivity index is 3.11. The van der Waals surface area contributed by atoms with Gasteiger partial charge in [0.05, 0.1) is 0 Å². The average molecular weight is 403 g/mol. The second-order valence-electron chi connectivity index (χ2n) is 8.45. The van der Waals surface area contributed by atoms with Gasteiger partial charge < -0.3 is 14.4 Å². The first kappa shape index (κ1) is 23.9. The van der Waals surface area contributed by atoms with Crippen LogP contribution in [0.5, 0.6) is 5.75 Å². The Bertz CT molecular complexity index is 697. The largest absolute Gasteiger partial charge is 0.358 e. The molecule has 1 aromatic rings. The van der Waals surface area contributed by atoms with Gasteiger partial charge in [-0.25, -0.2) is 0 Å². The first-order chi connectivity index (χ1) is 12.3. The maximum Gasteiger partial charge on any atom is 0.358 e. The molecule has 1 rings (SSSR count). The lowest BCUT2D eigenvalue weighted by Crippen LogP contribution is -2.43. The van der Waals surface area contributed by atoms with E-state index in [0.717, 1.165) is 12.0 Å². The third-order valence-corrected chi connectivity index (χ3v) is 5.46. The van der Waals surface area contributed by atoms with E-state index in [9.17, 15) is 8.42 Å². The summed E-state index contributed by atoms with van der Waals surface area (Å²) in [6.45, 7) is 15.6. The smallest absolute Gasteiger partial charge is 0.336 e. The van der Waals surface area contributed by atoms with Gasteiger partial charge in [0.25, 0.3) is 5.12 Å². The van der Waals surface area contributed by atoms with E-state index in [4.69, 9.17) is 18.7 Å². The summed E-state index contributed by atoms with van der Waals surface area (Å²) < 4.78 is 40.6. The summed E-state index contributed by atoms with van der Waals surface area (Å²) in [6.07, 6.45) is 0.878. The van der Waals surface area contributed by atoms with Gasteiger partial charge in [0.15, 0.2) is 5.75 Å². The lowest BCUT2D eigenvalue weighted by Gasteiger charge is -2.33. The van der Waals surface area contributed by atoms with Gasteiger partial charge in [0, 0.05) is 25.7 Å². The van der Waals surface area contributed by atoms with Crippen molar-refractivity contribution in [2.75, 3.05) is 13.2 Å². The first-order valence-electron chi connectivity index (χ1n) is 9.26. The van der Waals surface area contributed by atoms with Crippen LogP contribution in [0.25, 0.3) is 0 Å². The Morgan fingerprint density at radius 1 is 0.889 bits per heavy atom. The molecule has 0 atom stereocenters. The van der Waals surface area contributed by atoms with E-state index in [1.165, 1.54) is 6.92 Å². The Kier molecular flexibility index (Phi) is 7.88. The van der Waals surface area contributed by atoms with Crippen LogP contribution in [0, 0.1) is 5.41 Å². The van der Waals surface area contributed by atoms with Crippen LogP contribution in [0.15, 0.2) is 24.3 Å². The minimum absolute atomic E-state index is 0.0893. The highest BCUT2D eigenvalue weighted by Gasteiger charge is 2.44. The van der Waals surface area contributed by atoms with Gasteiger partial charge in [-0.3, -0.25) is 0 Å². The molecule has 0 aliphatic rings. The molecule has 0 radical (unpaired) electrons. The number of benzene rings is 1.